The van der Waals surface area contributed by atoms with Crippen molar-refractivity contribution in [1.82, 2.24) is 0 Å². The third-order valence-corrected chi connectivity index (χ3v) is 7.55. The summed E-state index contributed by atoms with van der Waals surface area (Å²) in [4.78, 5) is 11.0. The molecule has 0 N–H and O–H groups in total. The zero-order valence-electron chi connectivity index (χ0n) is 10.9. The molecule has 5 heteroatoms. The first-order chi connectivity index (χ1) is 8.92. The van der Waals surface area contributed by atoms with Crippen molar-refractivity contribution in [2.45, 2.75) is 0 Å². The van der Waals surface area contributed by atoms with E-state index in [1.165, 1.54) is 0 Å². The van der Waals surface area contributed by atoms with E-state index < -0.39 is 11.9 Å². The summed E-state index contributed by atoms with van der Waals surface area (Å²) in [5.41, 5.74) is 0. The van der Waals surface area contributed by atoms with Crippen LogP contribution in [0.4, 0.5) is 0 Å². The van der Waals surface area contributed by atoms with E-state index in [-0.39, 0.29) is 0 Å². The molecule has 0 unspecified atom stereocenters. The standard InChI is InChI=1S/C14H16NO3P/c1-19(2,18-15(16)17,13-9-5-3-6-10-13)14-11-7-4-8-12-14/h3-12H,1-2H3. The van der Waals surface area contributed by atoms with Gasteiger partial charge in [0.25, 0.3) is 0 Å². The van der Waals surface area contributed by atoms with Crippen LogP contribution in [0.1, 0.15) is 0 Å². The molecule has 0 aromatic heterocycles. The van der Waals surface area contributed by atoms with Crippen molar-refractivity contribution >= 4 is 17.4 Å². The van der Waals surface area contributed by atoms with Crippen LogP contribution >= 0.6 is 6.83 Å². The molecule has 0 radical (unpaired) electrons. The van der Waals surface area contributed by atoms with Gasteiger partial charge in [-0.1, -0.05) is 0 Å². The molecule has 0 saturated heterocycles. The molecular weight excluding hydrogens is 261 g/mol. The van der Waals surface area contributed by atoms with Gasteiger partial charge in [0.2, 0.25) is 0 Å². The average Bonchev–Trinajstić information content (AvgIpc) is 2.40. The second-order valence-corrected chi connectivity index (χ2v) is 10.2. The molecule has 19 heavy (non-hydrogen) atoms. The van der Waals surface area contributed by atoms with Crippen LogP contribution in [-0.4, -0.2) is 18.4 Å². The Morgan fingerprint density at radius 1 is 0.895 bits per heavy atom. The van der Waals surface area contributed by atoms with E-state index in [1.54, 1.807) is 0 Å². The number of nitrogens with zero attached hydrogens (tertiary/aromatic N) is 1. The van der Waals surface area contributed by atoms with Crippen LogP contribution in [0.5, 0.6) is 0 Å². The Morgan fingerprint density at radius 2 is 1.26 bits per heavy atom. The van der Waals surface area contributed by atoms with Gasteiger partial charge >= 0.3 is 111 Å². The average molecular weight is 277 g/mol. The molecule has 2 rings (SSSR count). The minimum absolute atomic E-state index is 0.683. The third kappa shape index (κ3) is 2.45. The van der Waals surface area contributed by atoms with Crippen LogP contribution < -0.4 is 10.6 Å². The number of benzene rings is 2. The summed E-state index contributed by atoms with van der Waals surface area (Å²) in [5, 5.41) is 12.0. The second-order valence-electron chi connectivity index (χ2n) is 4.98. The van der Waals surface area contributed by atoms with Crippen molar-refractivity contribution < 1.29 is 9.71 Å². The molecule has 4 nitrogen and oxygen atoms in total. The van der Waals surface area contributed by atoms with Crippen molar-refractivity contribution in [2.75, 3.05) is 13.3 Å². The van der Waals surface area contributed by atoms with Crippen LogP contribution in [0, 0.1) is 10.1 Å². The van der Waals surface area contributed by atoms with Gasteiger partial charge < -0.3 is 0 Å². The van der Waals surface area contributed by atoms with E-state index in [0.717, 1.165) is 10.6 Å². The van der Waals surface area contributed by atoms with Crippen LogP contribution in [0.2, 0.25) is 0 Å². The fraction of sp³-hybridized carbons (Fsp3) is 0.143. The monoisotopic (exact) mass is 277 g/mol. The first-order valence-corrected chi connectivity index (χ1v) is 8.94. The Labute approximate surface area is 112 Å². The fourth-order valence-electron chi connectivity index (χ4n) is 2.17. The predicted molar refractivity (Wildman–Crippen MR) is 79.0 cm³/mol. The summed E-state index contributed by atoms with van der Waals surface area (Å²) in [6.45, 7) is 0.439. The van der Waals surface area contributed by atoms with Crippen molar-refractivity contribution in [3.63, 3.8) is 0 Å². The molecule has 0 amide bonds. The van der Waals surface area contributed by atoms with Crippen LogP contribution in [0.25, 0.3) is 0 Å². The van der Waals surface area contributed by atoms with E-state index in [2.05, 4.69) is 0 Å². The Kier molecular flexibility index (Phi) is 3.29. The SMILES string of the molecule is CP(C)(O[N+](=O)[O-])(c1ccccc1)c1ccccc1. The zero-order valence-corrected chi connectivity index (χ0v) is 11.8. The Morgan fingerprint density at radius 3 is 1.58 bits per heavy atom. The van der Waals surface area contributed by atoms with E-state index in [0.29, 0.717) is 0 Å². The van der Waals surface area contributed by atoms with Crippen LogP contribution in [0.15, 0.2) is 60.7 Å². The fourth-order valence-corrected chi connectivity index (χ4v) is 5.13. The molecule has 2 aromatic carbocycles. The zero-order chi connectivity index (χ0) is 14.0. The van der Waals surface area contributed by atoms with Gasteiger partial charge in [0.05, 0.1) is 0 Å². The molecule has 0 saturated carbocycles. The van der Waals surface area contributed by atoms with Gasteiger partial charge in [0.1, 0.15) is 0 Å². The molecule has 0 aliphatic heterocycles. The third-order valence-electron chi connectivity index (χ3n) is 3.33. The summed E-state index contributed by atoms with van der Waals surface area (Å²) < 4.78 is 5.25. The van der Waals surface area contributed by atoms with Gasteiger partial charge in [0, 0.05) is 0 Å². The maximum atomic E-state index is 11.0. The number of hydrogen-bond acceptors (Lipinski definition) is 3. The second kappa shape index (κ2) is 4.63. The number of hydrogen-bond donors (Lipinski definition) is 0. The molecule has 100 valence electrons. The maximum absolute atomic E-state index is 11.0. The van der Waals surface area contributed by atoms with Crippen molar-refractivity contribution in [1.29, 1.82) is 0 Å². The molecule has 0 atom stereocenters. The van der Waals surface area contributed by atoms with Crippen molar-refractivity contribution in [2.24, 2.45) is 0 Å². The summed E-state index contributed by atoms with van der Waals surface area (Å²) in [6, 6.07) is 18.8. The molecule has 0 aliphatic carbocycles. The topological polar surface area (TPSA) is 52.4 Å². The summed E-state index contributed by atoms with van der Waals surface area (Å²) in [6.07, 6.45) is 0. The Hall–Kier alpha value is -1.93. The molecule has 0 heterocycles. The van der Waals surface area contributed by atoms with Crippen molar-refractivity contribution in [3.05, 3.63) is 70.8 Å². The van der Waals surface area contributed by atoms with Crippen molar-refractivity contribution in [3.8, 4) is 0 Å². The first kappa shape index (κ1) is 13.5. The summed E-state index contributed by atoms with van der Waals surface area (Å²) in [7, 11) is 0. The van der Waals surface area contributed by atoms with Gasteiger partial charge in [0.15, 0.2) is 0 Å². The molecule has 0 spiro atoms. The van der Waals surface area contributed by atoms with Gasteiger partial charge in [-0.3, -0.25) is 0 Å². The van der Waals surface area contributed by atoms with Crippen LogP contribution in [0.3, 0.4) is 0 Å². The Bertz CT molecular complexity index is 541. The first-order valence-electron chi connectivity index (χ1n) is 5.89. The van der Waals surface area contributed by atoms with Crippen LogP contribution in [-0.2, 0) is 4.62 Å². The van der Waals surface area contributed by atoms with Gasteiger partial charge in [-0.25, -0.2) is 0 Å². The number of rotatable bonds is 4. The van der Waals surface area contributed by atoms with Gasteiger partial charge in [-0.05, 0) is 0 Å². The Balaban J connectivity index is 2.67. The van der Waals surface area contributed by atoms with E-state index in [9.17, 15) is 10.1 Å². The summed E-state index contributed by atoms with van der Waals surface area (Å²) in [5.74, 6) is 0. The molecular formula is C14H16NO3P. The molecule has 0 fully saturated rings. The van der Waals surface area contributed by atoms with E-state index >= 15 is 0 Å². The molecule has 0 aliphatic rings. The van der Waals surface area contributed by atoms with E-state index in [1.807, 2.05) is 74.0 Å². The normalized spacial score (nSPS) is 13.3. The quantitative estimate of drug-likeness (QED) is 0.490. The predicted octanol–water partition coefficient (Wildman–Crippen LogP) is 2.57. The van der Waals surface area contributed by atoms with Gasteiger partial charge in [-0.15, -0.1) is 0 Å². The van der Waals surface area contributed by atoms with Gasteiger partial charge in [-0.2, -0.15) is 0 Å². The molecule has 2 aromatic rings. The molecule has 0 bridgehead atoms. The summed E-state index contributed by atoms with van der Waals surface area (Å²) >= 11 is 0. The van der Waals surface area contributed by atoms with E-state index in [4.69, 9.17) is 4.62 Å². The minimum atomic E-state index is -3.25.